The highest BCUT2D eigenvalue weighted by atomic mass is 35.5. The SMILES string of the molecule is Cc1ccc2c(c1)OCCc1c(C(=O)NN3CCCC3)nn(-c3ccc(Cl)cc3Cl)c1-2. The zero-order valence-corrected chi connectivity index (χ0v) is 18.6. The molecule has 6 nitrogen and oxygen atoms in total. The van der Waals surface area contributed by atoms with Gasteiger partial charge < -0.3 is 4.74 Å². The van der Waals surface area contributed by atoms with Crippen molar-refractivity contribution < 1.29 is 9.53 Å². The summed E-state index contributed by atoms with van der Waals surface area (Å²) in [5.74, 6) is 0.564. The van der Waals surface area contributed by atoms with Crippen LogP contribution in [0.1, 0.15) is 34.5 Å². The smallest absolute Gasteiger partial charge is 0.286 e. The summed E-state index contributed by atoms with van der Waals surface area (Å²) in [7, 11) is 0. The molecule has 0 bridgehead atoms. The van der Waals surface area contributed by atoms with Crippen molar-refractivity contribution in [1.29, 1.82) is 0 Å². The monoisotopic (exact) mass is 456 g/mol. The fourth-order valence-corrected chi connectivity index (χ4v) is 4.70. The maximum Gasteiger partial charge on any atom is 0.286 e. The first kappa shape index (κ1) is 20.4. The van der Waals surface area contributed by atoms with Crippen molar-refractivity contribution in [2.75, 3.05) is 19.7 Å². The number of nitrogens with one attached hydrogen (secondary N) is 1. The van der Waals surface area contributed by atoms with Crippen molar-refractivity contribution in [2.24, 2.45) is 0 Å². The summed E-state index contributed by atoms with van der Waals surface area (Å²) in [6.45, 7) is 4.19. The third-order valence-electron chi connectivity index (χ3n) is 5.70. The Balaban J connectivity index is 1.70. The van der Waals surface area contributed by atoms with Crippen LogP contribution in [0.2, 0.25) is 10.0 Å². The third kappa shape index (κ3) is 3.80. The van der Waals surface area contributed by atoms with Crippen LogP contribution in [0, 0.1) is 6.92 Å². The standard InChI is InChI=1S/C23H22Cl2N4O2/c1-14-4-6-16-20(12-14)31-11-8-17-21(23(30)27-28-9-2-3-10-28)26-29(22(16)17)19-7-5-15(24)13-18(19)25/h4-7,12-13H,2-3,8-11H2,1H3,(H,27,30). The van der Waals surface area contributed by atoms with E-state index in [4.69, 9.17) is 33.0 Å². The molecule has 1 saturated heterocycles. The van der Waals surface area contributed by atoms with E-state index in [0.29, 0.717) is 34.5 Å². The van der Waals surface area contributed by atoms with Crippen LogP contribution in [0.4, 0.5) is 0 Å². The highest BCUT2D eigenvalue weighted by molar-refractivity contribution is 6.35. The fraction of sp³-hybridized carbons (Fsp3) is 0.304. The predicted octanol–water partition coefficient (Wildman–Crippen LogP) is 4.83. The average Bonchev–Trinajstić information content (AvgIpc) is 3.32. The number of nitrogens with zero attached hydrogens (tertiary/aromatic N) is 3. The van der Waals surface area contributed by atoms with Crippen molar-refractivity contribution in [3.63, 3.8) is 0 Å². The Bertz CT molecular complexity index is 1170. The van der Waals surface area contributed by atoms with Gasteiger partial charge in [0.25, 0.3) is 5.91 Å². The van der Waals surface area contributed by atoms with Gasteiger partial charge in [-0.15, -0.1) is 0 Å². The maximum atomic E-state index is 13.2. The van der Waals surface area contributed by atoms with E-state index < -0.39 is 0 Å². The molecule has 1 fully saturated rings. The molecule has 0 radical (unpaired) electrons. The summed E-state index contributed by atoms with van der Waals surface area (Å²) in [4.78, 5) is 13.2. The number of ether oxygens (including phenoxy) is 1. The van der Waals surface area contributed by atoms with Gasteiger partial charge >= 0.3 is 0 Å². The first-order chi connectivity index (χ1) is 15.0. The average molecular weight is 457 g/mol. The Kier molecular flexibility index (Phi) is 5.38. The summed E-state index contributed by atoms with van der Waals surface area (Å²) >= 11 is 12.7. The molecule has 0 atom stereocenters. The lowest BCUT2D eigenvalue weighted by atomic mass is 10.0. The maximum absolute atomic E-state index is 13.2. The van der Waals surface area contributed by atoms with Gasteiger partial charge in [-0.3, -0.25) is 10.2 Å². The van der Waals surface area contributed by atoms with Gasteiger partial charge in [0.1, 0.15) is 5.75 Å². The topological polar surface area (TPSA) is 59.4 Å². The first-order valence-corrected chi connectivity index (χ1v) is 11.1. The summed E-state index contributed by atoms with van der Waals surface area (Å²) in [5.41, 5.74) is 7.73. The van der Waals surface area contributed by atoms with Gasteiger partial charge in [0.2, 0.25) is 0 Å². The minimum atomic E-state index is -0.211. The van der Waals surface area contributed by atoms with Crippen LogP contribution >= 0.6 is 23.2 Å². The van der Waals surface area contributed by atoms with Crippen molar-refractivity contribution in [2.45, 2.75) is 26.2 Å². The van der Waals surface area contributed by atoms with Crippen LogP contribution in [0.5, 0.6) is 5.75 Å². The third-order valence-corrected chi connectivity index (χ3v) is 6.24. The number of carbonyl (C=O) groups excluding carboxylic acids is 1. The number of benzene rings is 2. The molecule has 2 aliphatic heterocycles. The Morgan fingerprint density at radius 2 is 1.94 bits per heavy atom. The minimum Gasteiger partial charge on any atom is -0.493 e. The van der Waals surface area contributed by atoms with E-state index in [2.05, 4.69) is 5.43 Å². The first-order valence-electron chi connectivity index (χ1n) is 10.4. The van der Waals surface area contributed by atoms with E-state index in [1.54, 1.807) is 16.8 Å². The highest BCUT2D eigenvalue weighted by Gasteiger charge is 2.30. The number of hydrazine groups is 1. The van der Waals surface area contributed by atoms with Crippen LogP contribution in [-0.4, -0.2) is 40.4 Å². The molecule has 1 aromatic heterocycles. The van der Waals surface area contributed by atoms with Gasteiger partial charge in [0, 0.05) is 35.7 Å². The number of halogens is 2. The van der Waals surface area contributed by atoms with Crippen molar-refractivity contribution in [3.8, 4) is 22.7 Å². The van der Waals surface area contributed by atoms with Gasteiger partial charge in [-0.1, -0.05) is 29.3 Å². The molecule has 0 saturated carbocycles. The molecular weight excluding hydrogens is 435 g/mol. The molecule has 5 rings (SSSR count). The van der Waals surface area contributed by atoms with Crippen molar-refractivity contribution >= 4 is 29.1 Å². The number of hydrogen-bond donors (Lipinski definition) is 1. The highest BCUT2D eigenvalue weighted by Crippen LogP contribution is 2.40. The molecule has 1 N–H and O–H groups in total. The molecule has 160 valence electrons. The van der Waals surface area contributed by atoms with Crippen LogP contribution in [-0.2, 0) is 6.42 Å². The number of amides is 1. The second-order valence-electron chi connectivity index (χ2n) is 7.92. The van der Waals surface area contributed by atoms with E-state index in [1.165, 1.54) is 0 Å². The number of rotatable bonds is 3. The van der Waals surface area contributed by atoms with Crippen molar-refractivity contribution in [1.82, 2.24) is 20.2 Å². The Labute approximate surface area is 190 Å². The van der Waals surface area contributed by atoms with Gasteiger partial charge in [0.15, 0.2) is 5.69 Å². The molecule has 0 unspecified atom stereocenters. The fourth-order valence-electron chi connectivity index (χ4n) is 4.21. The summed E-state index contributed by atoms with van der Waals surface area (Å²) in [5, 5.41) is 7.71. The number of aromatic nitrogens is 2. The Morgan fingerprint density at radius 3 is 2.71 bits per heavy atom. The molecular formula is C23H22Cl2N4O2. The zero-order chi connectivity index (χ0) is 21.5. The normalized spacial score (nSPS) is 15.7. The molecule has 2 aromatic carbocycles. The number of hydrogen-bond acceptors (Lipinski definition) is 4. The summed E-state index contributed by atoms with van der Waals surface area (Å²) in [6, 6.07) is 11.3. The van der Waals surface area contributed by atoms with Crippen LogP contribution in [0.25, 0.3) is 16.9 Å². The zero-order valence-electron chi connectivity index (χ0n) is 17.1. The molecule has 1 amide bonds. The van der Waals surface area contributed by atoms with E-state index in [-0.39, 0.29) is 5.91 Å². The quantitative estimate of drug-likeness (QED) is 0.612. The summed E-state index contributed by atoms with van der Waals surface area (Å²) < 4.78 is 7.79. The largest absolute Gasteiger partial charge is 0.493 e. The van der Waals surface area contributed by atoms with Crippen LogP contribution in [0.3, 0.4) is 0 Å². The van der Waals surface area contributed by atoms with E-state index in [1.807, 2.05) is 36.2 Å². The number of aryl methyl sites for hydroxylation is 1. The Hall–Kier alpha value is -2.54. The molecule has 3 heterocycles. The minimum absolute atomic E-state index is 0.211. The number of carbonyl (C=O) groups is 1. The molecule has 0 spiro atoms. The molecule has 3 aromatic rings. The lowest BCUT2D eigenvalue weighted by Gasteiger charge is -2.15. The second-order valence-corrected chi connectivity index (χ2v) is 8.76. The Morgan fingerprint density at radius 1 is 1.13 bits per heavy atom. The molecule has 31 heavy (non-hydrogen) atoms. The molecule has 0 aliphatic carbocycles. The van der Waals surface area contributed by atoms with E-state index >= 15 is 0 Å². The lowest BCUT2D eigenvalue weighted by molar-refractivity contribution is 0.0819. The second kappa shape index (κ2) is 8.19. The number of fused-ring (bicyclic) bond motifs is 3. The van der Waals surface area contributed by atoms with Gasteiger partial charge in [-0.2, -0.15) is 5.10 Å². The van der Waals surface area contributed by atoms with Gasteiger partial charge in [-0.05, 0) is 55.7 Å². The van der Waals surface area contributed by atoms with Crippen molar-refractivity contribution in [3.05, 3.63) is 63.3 Å². The van der Waals surface area contributed by atoms with E-state index in [9.17, 15) is 4.79 Å². The lowest BCUT2D eigenvalue weighted by Crippen LogP contribution is -2.40. The summed E-state index contributed by atoms with van der Waals surface area (Å²) in [6.07, 6.45) is 2.72. The molecule has 2 aliphatic rings. The van der Waals surface area contributed by atoms with E-state index in [0.717, 1.165) is 54.1 Å². The van der Waals surface area contributed by atoms with Crippen LogP contribution in [0.15, 0.2) is 36.4 Å². The van der Waals surface area contributed by atoms with Gasteiger partial charge in [-0.25, -0.2) is 9.69 Å². The predicted molar refractivity (Wildman–Crippen MR) is 121 cm³/mol. The van der Waals surface area contributed by atoms with Gasteiger partial charge in [0.05, 0.1) is 23.0 Å². The van der Waals surface area contributed by atoms with Crippen LogP contribution < -0.4 is 10.2 Å². The molecule has 8 heteroatoms.